The van der Waals surface area contributed by atoms with E-state index >= 15 is 0 Å². The van der Waals surface area contributed by atoms with E-state index in [2.05, 4.69) is 39.8 Å². The van der Waals surface area contributed by atoms with Gasteiger partial charge in [0.05, 0.1) is 0 Å². The molecule has 2 atom stereocenters. The van der Waals surface area contributed by atoms with Gasteiger partial charge in [0.2, 0.25) is 0 Å². The first-order valence-corrected chi connectivity index (χ1v) is 18.1. The van der Waals surface area contributed by atoms with Gasteiger partial charge in [0.1, 0.15) is 0 Å². The van der Waals surface area contributed by atoms with E-state index in [4.69, 9.17) is 0 Å². The molecular formula is C21H42Sn. The van der Waals surface area contributed by atoms with Crippen LogP contribution < -0.4 is 0 Å². The first-order valence-electron chi connectivity index (χ1n) is 10.4. The Balaban J connectivity index is 2.64. The summed E-state index contributed by atoms with van der Waals surface area (Å²) < 4.78 is 6.33. The molecule has 0 bridgehead atoms. The van der Waals surface area contributed by atoms with E-state index in [-0.39, 0.29) is 0 Å². The Labute approximate surface area is 145 Å². The van der Waals surface area contributed by atoms with Crippen LogP contribution in [-0.4, -0.2) is 18.4 Å². The molecule has 1 aliphatic carbocycles. The summed E-state index contributed by atoms with van der Waals surface area (Å²) in [7, 11) is 0. The Bertz CT molecular complexity index is 273. The molecule has 1 fully saturated rings. The standard InChI is InChI=1S/C9H15.3C4H9.Sn/c1-2-3-4-5-6-9-7-8-9;3*1-3-4-2;/h5-7,9H,2-4,8H2,1H3;3*1,3-4H2,2H3;/b6-5-;;;;/t9-;;;;/m1..../s1. The summed E-state index contributed by atoms with van der Waals surface area (Å²) in [6.07, 6.45) is 19.6. The quantitative estimate of drug-likeness (QED) is 0.154. The number of rotatable bonds is 14. The van der Waals surface area contributed by atoms with Crippen molar-refractivity contribution in [1.29, 1.82) is 0 Å². The molecule has 1 saturated carbocycles. The molecular weight excluding hydrogens is 371 g/mol. The van der Waals surface area contributed by atoms with Crippen LogP contribution in [0.2, 0.25) is 17.2 Å². The van der Waals surface area contributed by atoms with Crippen LogP contribution in [0.5, 0.6) is 0 Å². The van der Waals surface area contributed by atoms with Crippen molar-refractivity contribution in [2.24, 2.45) is 5.92 Å². The van der Waals surface area contributed by atoms with Gasteiger partial charge >= 0.3 is 146 Å². The van der Waals surface area contributed by atoms with Gasteiger partial charge in [-0.2, -0.15) is 0 Å². The van der Waals surface area contributed by atoms with E-state index < -0.39 is 18.4 Å². The van der Waals surface area contributed by atoms with Gasteiger partial charge in [-0.05, 0) is 0 Å². The summed E-state index contributed by atoms with van der Waals surface area (Å²) in [5.74, 6) is 1.01. The molecule has 0 amide bonds. The van der Waals surface area contributed by atoms with Gasteiger partial charge in [0, 0.05) is 0 Å². The van der Waals surface area contributed by atoms with Crippen molar-refractivity contribution < 1.29 is 0 Å². The van der Waals surface area contributed by atoms with Crippen molar-refractivity contribution in [3.05, 3.63) is 12.2 Å². The molecule has 0 heterocycles. The van der Waals surface area contributed by atoms with Gasteiger partial charge in [0.25, 0.3) is 0 Å². The fraction of sp³-hybridized carbons (Fsp3) is 0.905. The first-order chi connectivity index (χ1) is 10.7. The third kappa shape index (κ3) is 6.97. The Morgan fingerprint density at radius 1 is 0.773 bits per heavy atom. The summed E-state index contributed by atoms with van der Waals surface area (Å²) in [5.41, 5.74) is 0. The van der Waals surface area contributed by atoms with Crippen molar-refractivity contribution in [2.45, 2.75) is 109 Å². The Hall–Kier alpha value is 0.539. The Kier molecular flexibility index (Phi) is 11.2. The molecule has 0 unspecified atom stereocenters. The maximum atomic E-state index is 2.63. The van der Waals surface area contributed by atoms with Crippen LogP contribution in [0.1, 0.15) is 91.9 Å². The Morgan fingerprint density at radius 2 is 1.27 bits per heavy atom. The van der Waals surface area contributed by atoms with Gasteiger partial charge in [-0.25, -0.2) is 0 Å². The monoisotopic (exact) mass is 414 g/mol. The molecule has 0 nitrogen and oxygen atoms in total. The number of unbranched alkanes of at least 4 members (excludes halogenated alkanes) is 5. The van der Waals surface area contributed by atoms with Gasteiger partial charge in [0.15, 0.2) is 0 Å². The fourth-order valence-corrected chi connectivity index (χ4v) is 23.7. The van der Waals surface area contributed by atoms with E-state index in [0.717, 1.165) is 5.92 Å². The van der Waals surface area contributed by atoms with E-state index in [1.165, 1.54) is 61.7 Å². The van der Waals surface area contributed by atoms with E-state index in [1.807, 2.05) is 0 Å². The van der Waals surface area contributed by atoms with Crippen LogP contribution in [-0.2, 0) is 0 Å². The molecule has 0 aromatic rings. The molecule has 0 N–H and O–H groups in total. The fourth-order valence-electron chi connectivity index (χ4n) is 4.24. The minimum absolute atomic E-state index is 1.01. The van der Waals surface area contributed by atoms with Gasteiger partial charge in [-0.15, -0.1) is 0 Å². The summed E-state index contributed by atoms with van der Waals surface area (Å²) in [6, 6.07) is 0. The average molecular weight is 413 g/mol. The zero-order chi connectivity index (χ0) is 16.3. The SMILES string of the molecule is CCCC/C=C\[C@H]1C[C@@H]1[Sn]([CH2]CCC)([CH2]CCC)[CH2]CCC. The topological polar surface area (TPSA) is 0 Å². The van der Waals surface area contributed by atoms with E-state index in [1.54, 1.807) is 19.7 Å². The maximum absolute atomic E-state index is 2.63. The van der Waals surface area contributed by atoms with Gasteiger partial charge < -0.3 is 0 Å². The third-order valence-electron chi connectivity index (χ3n) is 5.82. The van der Waals surface area contributed by atoms with Crippen LogP contribution >= 0.6 is 0 Å². The van der Waals surface area contributed by atoms with Crippen molar-refractivity contribution in [2.75, 3.05) is 0 Å². The summed E-state index contributed by atoms with van der Waals surface area (Å²) in [5, 5.41) is 0. The first kappa shape index (κ1) is 20.6. The molecule has 1 heteroatoms. The molecule has 1 aliphatic rings. The molecule has 0 radical (unpaired) electrons. The van der Waals surface area contributed by atoms with Crippen molar-refractivity contribution in [1.82, 2.24) is 0 Å². The third-order valence-corrected chi connectivity index (χ3v) is 23.8. The molecule has 22 heavy (non-hydrogen) atoms. The van der Waals surface area contributed by atoms with Crippen molar-refractivity contribution in [3.63, 3.8) is 0 Å². The molecule has 0 aromatic heterocycles. The number of allylic oxidation sites excluding steroid dienone is 2. The number of hydrogen-bond acceptors (Lipinski definition) is 0. The molecule has 1 rings (SSSR count). The summed E-state index contributed by atoms with van der Waals surface area (Å²) in [4.78, 5) is 0. The van der Waals surface area contributed by atoms with Crippen LogP contribution in [0.15, 0.2) is 12.2 Å². The molecule has 0 saturated heterocycles. The van der Waals surface area contributed by atoms with E-state index in [9.17, 15) is 0 Å². The van der Waals surface area contributed by atoms with Crippen LogP contribution in [0, 0.1) is 5.92 Å². The zero-order valence-corrected chi connectivity index (χ0v) is 18.9. The second-order valence-corrected chi connectivity index (χ2v) is 21.9. The minimum atomic E-state index is -1.87. The van der Waals surface area contributed by atoms with Gasteiger partial charge in [-0.3, -0.25) is 0 Å². The van der Waals surface area contributed by atoms with Crippen LogP contribution in [0.25, 0.3) is 0 Å². The molecule has 0 aromatic carbocycles. The molecule has 130 valence electrons. The second kappa shape index (κ2) is 12.0. The van der Waals surface area contributed by atoms with E-state index in [0.29, 0.717) is 0 Å². The molecule has 0 aliphatic heterocycles. The zero-order valence-electron chi connectivity index (χ0n) is 16.0. The normalized spacial score (nSPS) is 21.6. The average Bonchev–Trinajstić information content (AvgIpc) is 3.31. The Morgan fingerprint density at radius 3 is 1.73 bits per heavy atom. The second-order valence-electron chi connectivity index (χ2n) is 7.75. The predicted molar refractivity (Wildman–Crippen MR) is 105 cm³/mol. The van der Waals surface area contributed by atoms with Gasteiger partial charge in [-0.1, -0.05) is 0 Å². The van der Waals surface area contributed by atoms with Crippen molar-refractivity contribution >= 4 is 18.4 Å². The van der Waals surface area contributed by atoms with Crippen LogP contribution in [0.3, 0.4) is 0 Å². The molecule has 0 spiro atoms. The van der Waals surface area contributed by atoms with Crippen LogP contribution in [0.4, 0.5) is 0 Å². The summed E-state index contributed by atoms with van der Waals surface area (Å²) >= 11 is -1.87. The van der Waals surface area contributed by atoms with Crippen molar-refractivity contribution in [3.8, 4) is 0 Å². The summed E-state index contributed by atoms with van der Waals surface area (Å²) in [6.45, 7) is 9.48. The number of hydrogen-bond donors (Lipinski definition) is 0. The predicted octanol–water partition coefficient (Wildman–Crippen LogP) is 7.97.